The summed E-state index contributed by atoms with van der Waals surface area (Å²) < 4.78 is 13.3. The van der Waals surface area contributed by atoms with Crippen molar-refractivity contribution in [3.05, 3.63) is 87.0 Å². The van der Waals surface area contributed by atoms with Crippen molar-refractivity contribution in [2.24, 2.45) is 0 Å². The van der Waals surface area contributed by atoms with Gasteiger partial charge in [0.15, 0.2) is 0 Å². The molecule has 0 fully saturated rings. The highest BCUT2D eigenvalue weighted by Crippen LogP contribution is 2.21. The molecule has 5 nitrogen and oxygen atoms in total. The zero-order chi connectivity index (χ0) is 19.7. The van der Waals surface area contributed by atoms with Crippen LogP contribution in [0.15, 0.2) is 59.4 Å². The lowest BCUT2D eigenvalue weighted by Gasteiger charge is -2.08. The van der Waals surface area contributed by atoms with Crippen LogP contribution in [0.4, 0.5) is 4.39 Å². The summed E-state index contributed by atoms with van der Waals surface area (Å²) in [6.45, 7) is 0.262. The third-order valence-corrected chi connectivity index (χ3v) is 4.78. The van der Waals surface area contributed by atoms with E-state index in [2.05, 4.69) is 15.3 Å². The smallest absolute Gasteiger partial charge is 0.254 e. The Morgan fingerprint density at radius 1 is 1.11 bits per heavy atom. The SMILES string of the molecule is O=C(NCCc1cc2ccccc2[nH]c1=O)c1cc2ccc(F)cc2nc1Cl. The van der Waals surface area contributed by atoms with Gasteiger partial charge in [-0.1, -0.05) is 29.8 Å². The molecule has 2 heterocycles. The van der Waals surface area contributed by atoms with Gasteiger partial charge >= 0.3 is 0 Å². The highest BCUT2D eigenvalue weighted by Gasteiger charge is 2.13. The molecule has 1 amide bonds. The molecule has 0 aliphatic rings. The predicted molar refractivity (Wildman–Crippen MR) is 107 cm³/mol. The van der Waals surface area contributed by atoms with Crippen molar-refractivity contribution in [2.45, 2.75) is 6.42 Å². The Bertz CT molecular complexity index is 1270. The Labute approximate surface area is 164 Å². The molecule has 0 aliphatic heterocycles. The van der Waals surface area contributed by atoms with Gasteiger partial charge in [-0.3, -0.25) is 9.59 Å². The highest BCUT2D eigenvalue weighted by molar-refractivity contribution is 6.33. The van der Waals surface area contributed by atoms with Gasteiger partial charge in [-0.15, -0.1) is 0 Å². The lowest BCUT2D eigenvalue weighted by molar-refractivity contribution is 0.0954. The van der Waals surface area contributed by atoms with Crippen LogP contribution in [0.3, 0.4) is 0 Å². The van der Waals surface area contributed by atoms with Crippen LogP contribution in [0.1, 0.15) is 15.9 Å². The summed E-state index contributed by atoms with van der Waals surface area (Å²) in [6.07, 6.45) is 0.371. The van der Waals surface area contributed by atoms with E-state index in [1.165, 1.54) is 12.1 Å². The average Bonchev–Trinajstić information content (AvgIpc) is 2.67. The van der Waals surface area contributed by atoms with Crippen LogP contribution in [0.5, 0.6) is 0 Å². The molecule has 0 atom stereocenters. The van der Waals surface area contributed by atoms with E-state index < -0.39 is 11.7 Å². The van der Waals surface area contributed by atoms with E-state index in [0.29, 0.717) is 22.9 Å². The minimum absolute atomic E-state index is 0.000785. The van der Waals surface area contributed by atoms with Gasteiger partial charge in [-0.25, -0.2) is 9.37 Å². The number of nitrogens with one attached hydrogen (secondary N) is 2. The quantitative estimate of drug-likeness (QED) is 0.515. The Morgan fingerprint density at radius 2 is 1.93 bits per heavy atom. The fourth-order valence-corrected chi connectivity index (χ4v) is 3.29. The van der Waals surface area contributed by atoms with E-state index in [-0.39, 0.29) is 22.8 Å². The molecular weight excluding hydrogens is 381 g/mol. The van der Waals surface area contributed by atoms with Crippen LogP contribution in [0, 0.1) is 5.82 Å². The maximum Gasteiger partial charge on any atom is 0.254 e. The molecule has 0 saturated heterocycles. The molecule has 4 rings (SSSR count). The highest BCUT2D eigenvalue weighted by atomic mass is 35.5. The van der Waals surface area contributed by atoms with Crippen molar-refractivity contribution < 1.29 is 9.18 Å². The van der Waals surface area contributed by atoms with E-state index >= 15 is 0 Å². The first-order valence-corrected chi connectivity index (χ1v) is 9.04. The van der Waals surface area contributed by atoms with Crippen LogP contribution in [-0.4, -0.2) is 22.4 Å². The minimum atomic E-state index is -0.422. The number of hydrogen-bond acceptors (Lipinski definition) is 3. The van der Waals surface area contributed by atoms with Crippen molar-refractivity contribution in [3.63, 3.8) is 0 Å². The van der Waals surface area contributed by atoms with Crippen LogP contribution < -0.4 is 10.9 Å². The van der Waals surface area contributed by atoms with Crippen molar-refractivity contribution in [1.29, 1.82) is 0 Å². The molecular formula is C21H15ClFN3O2. The molecule has 0 spiro atoms. The van der Waals surface area contributed by atoms with Gasteiger partial charge in [-0.05, 0) is 42.1 Å². The third-order valence-electron chi connectivity index (χ3n) is 4.49. The van der Waals surface area contributed by atoms with Gasteiger partial charge in [0.2, 0.25) is 0 Å². The number of aromatic nitrogens is 2. The molecule has 2 aromatic heterocycles. The van der Waals surface area contributed by atoms with E-state index in [9.17, 15) is 14.0 Å². The zero-order valence-electron chi connectivity index (χ0n) is 14.6. The summed E-state index contributed by atoms with van der Waals surface area (Å²) in [4.78, 5) is 31.6. The summed E-state index contributed by atoms with van der Waals surface area (Å²) in [5.74, 6) is -0.824. The van der Waals surface area contributed by atoms with Crippen molar-refractivity contribution in [2.75, 3.05) is 6.54 Å². The second-order valence-corrected chi connectivity index (χ2v) is 6.74. The number of amides is 1. The fourth-order valence-electron chi connectivity index (χ4n) is 3.06. The molecule has 28 heavy (non-hydrogen) atoms. The number of fused-ring (bicyclic) bond motifs is 2. The summed E-state index contributed by atoms with van der Waals surface area (Å²) in [6, 6.07) is 15.0. The Kier molecular flexibility index (Phi) is 4.79. The van der Waals surface area contributed by atoms with E-state index in [0.717, 1.165) is 10.9 Å². The first-order valence-electron chi connectivity index (χ1n) is 8.66. The molecule has 0 radical (unpaired) electrons. The first kappa shape index (κ1) is 18.1. The normalized spacial score (nSPS) is 11.1. The topological polar surface area (TPSA) is 74.8 Å². The molecule has 0 saturated carbocycles. The van der Waals surface area contributed by atoms with Crippen molar-refractivity contribution >= 4 is 39.3 Å². The maximum absolute atomic E-state index is 13.3. The lowest BCUT2D eigenvalue weighted by Crippen LogP contribution is -2.27. The van der Waals surface area contributed by atoms with Gasteiger partial charge in [0.25, 0.3) is 11.5 Å². The summed E-state index contributed by atoms with van der Waals surface area (Å²) in [5, 5.41) is 4.29. The van der Waals surface area contributed by atoms with E-state index in [1.807, 2.05) is 30.3 Å². The second-order valence-electron chi connectivity index (χ2n) is 6.38. The molecule has 0 aliphatic carbocycles. The number of pyridine rings is 2. The van der Waals surface area contributed by atoms with E-state index in [4.69, 9.17) is 11.6 Å². The number of benzene rings is 2. The molecule has 0 unspecified atom stereocenters. The molecule has 0 bridgehead atoms. The standard InChI is InChI=1S/C21H15ClFN3O2/c22-19-16(10-13-5-6-15(23)11-18(13)25-19)21(28)24-8-7-14-9-12-3-1-2-4-17(12)26-20(14)27/h1-6,9-11H,7-8H2,(H,24,28)(H,26,27). The van der Waals surface area contributed by atoms with Crippen LogP contribution >= 0.6 is 11.6 Å². The number of nitrogens with zero attached hydrogens (tertiary/aromatic N) is 1. The van der Waals surface area contributed by atoms with Crippen molar-refractivity contribution in [1.82, 2.24) is 15.3 Å². The lowest BCUT2D eigenvalue weighted by atomic mass is 10.1. The largest absolute Gasteiger partial charge is 0.352 e. The number of carbonyl (C=O) groups is 1. The molecule has 140 valence electrons. The monoisotopic (exact) mass is 395 g/mol. The third kappa shape index (κ3) is 3.59. The maximum atomic E-state index is 13.3. The van der Waals surface area contributed by atoms with Crippen LogP contribution in [0.2, 0.25) is 5.15 Å². The average molecular weight is 396 g/mol. The number of carbonyl (C=O) groups excluding carboxylic acids is 1. The van der Waals surface area contributed by atoms with Crippen molar-refractivity contribution in [3.8, 4) is 0 Å². The zero-order valence-corrected chi connectivity index (χ0v) is 15.4. The van der Waals surface area contributed by atoms with Gasteiger partial charge in [0.1, 0.15) is 11.0 Å². The summed E-state index contributed by atoms with van der Waals surface area (Å²) in [5.41, 5.74) is 1.75. The number of aromatic amines is 1. The van der Waals surface area contributed by atoms with Gasteiger partial charge in [0, 0.05) is 29.1 Å². The fraction of sp³-hybridized carbons (Fsp3) is 0.0952. The molecule has 4 aromatic rings. The molecule has 2 N–H and O–H groups in total. The van der Waals surface area contributed by atoms with E-state index in [1.54, 1.807) is 12.1 Å². The number of hydrogen-bond donors (Lipinski definition) is 2. The molecule has 2 aromatic carbocycles. The number of rotatable bonds is 4. The minimum Gasteiger partial charge on any atom is -0.352 e. The first-order chi connectivity index (χ1) is 13.5. The second kappa shape index (κ2) is 7.40. The number of para-hydroxylation sites is 1. The Hall–Kier alpha value is -3.25. The Morgan fingerprint density at radius 3 is 2.79 bits per heavy atom. The molecule has 7 heteroatoms. The van der Waals surface area contributed by atoms with Crippen LogP contribution in [-0.2, 0) is 6.42 Å². The number of halogens is 2. The van der Waals surface area contributed by atoms with Gasteiger partial charge in [0.05, 0.1) is 11.1 Å². The summed E-state index contributed by atoms with van der Waals surface area (Å²) in [7, 11) is 0. The Balaban J connectivity index is 1.50. The summed E-state index contributed by atoms with van der Waals surface area (Å²) >= 11 is 6.09. The van der Waals surface area contributed by atoms with Gasteiger partial charge in [-0.2, -0.15) is 0 Å². The predicted octanol–water partition coefficient (Wildman–Crippen LogP) is 3.84. The number of H-pyrrole nitrogens is 1. The van der Waals surface area contributed by atoms with Crippen LogP contribution in [0.25, 0.3) is 21.8 Å². The van der Waals surface area contributed by atoms with Gasteiger partial charge < -0.3 is 10.3 Å².